The van der Waals surface area contributed by atoms with E-state index in [-0.39, 0.29) is 5.78 Å². The molecule has 1 heterocycles. The molecule has 0 unspecified atom stereocenters. The molecule has 4 fully saturated rings. The third-order valence-corrected chi connectivity index (χ3v) is 5.90. The molecule has 4 aliphatic rings. The van der Waals surface area contributed by atoms with Crippen molar-refractivity contribution in [3.63, 3.8) is 0 Å². The maximum Gasteiger partial charge on any atom is 0.224 e. The lowest BCUT2D eigenvalue weighted by atomic mass is 9.49. The molecule has 0 N–H and O–H groups in total. The van der Waals surface area contributed by atoms with Crippen LogP contribution in [0.4, 0.5) is 0 Å². The van der Waals surface area contributed by atoms with Gasteiger partial charge in [-0.1, -0.05) is 6.08 Å². The third-order valence-electron chi connectivity index (χ3n) is 5.90. The average molecular weight is 297 g/mol. The molecular formula is C19H23NO2. The van der Waals surface area contributed by atoms with E-state index in [0.29, 0.717) is 16.9 Å². The van der Waals surface area contributed by atoms with Crippen molar-refractivity contribution in [3.05, 3.63) is 36.0 Å². The SMILES string of the molecule is COc1ncccc1C(=O)C=CC12CC3CC(CC(C3)C1)C2. The molecule has 116 valence electrons. The van der Waals surface area contributed by atoms with Gasteiger partial charge >= 0.3 is 0 Å². The summed E-state index contributed by atoms with van der Waals surface area (Å²) in [5.41, 5.74) is 0.853. The smallest absolute Gasteiger partial charge is 0.224 e. The summed E-state index contributed by atoms with van der Waals surface area (Å²) >= 11 is 0. The molecule has 0 saturated heterocycles. The fraction of sp³-hybridized carbons (Fsp3) is 0.579. The Labute approximate surface area is 131 Å². The number of carbonyl (C=O) groups excluding carboxylic acids is 1. The number of rotatable bonds is 4. The quantitative estimate of drug-likeness (QED) is 0.622. The highest BCUT2D eigenvalue weighted by molar-refractivity contribution is 6.06. The minimum atomic E-state index is 0.0145. The van der Waals surface area contributed by atoms with Crippen LogP contribution in [0.15, 0.2) is 30.5 Å². The average Bonchev–Trinajstić information content (AvgIpc) is 2.51. The van der Waals surface area contributed by atoms with Crippen LogP contribution in [-0.4, -0.2) is 17.9 Å². The first-order valence-electron chi connectivity index (χ1n) is 8.40. The van der Waals surface area contributed by atoms with Crippen molar-refractivity contribution < 1.29 is 9.53 Å². The van der Waals surface area contributed by atoms with Crippen LogP contribution in [0, 0.1) is 23.2 Å². The van der Waals surface area contributed by atoms with Crippen molar-refractivity contribution >= 4 is 5.78 Å². The summed E-state index contributed by atoms with van der Waals surface area (Å²) in [6.45, 7) is 0. The van der Waals surface area contributed by atoms with Gasteiger partial charge in [-0.3, -0.25) is 4.79 Å². The Bertz CT molecular complexity index is 584. The molecule has 0 aliphatic heterocycles. The van der Waals surface area contributed by atoms with E-state index in [1.807, 2.05) is 0 Å². The number of allylic oxidation sites excluding steroid dienone is 2. The Hall–Kier alpha value is -1.64. The number of ether oxygens (including phenoxy) is 1. The summed E-state index contributed by atoms with van der Waals surface area (Å²) < 4.78 is 5.20. The van der Waals surface area contributed by atoms with Gasteiger partial charge in [0.1, 0.15) is 0 Å². The van der Waals surface area contributed by atoms with Gasteiger partial charge < -0.3 is 4.74 Å². The first kappa shape index (κ1) is 14.0. The zero-order valence-electron chi connectivity index (χ0n) is 13.1. The molecule has 0 amide bonds. The summed E-state index contributed by atoms with van der Waals surface area (Å²) in [6, 6.07) is 3.58. The lowest BCUT2D eigenvalue weighted by Gasteiger charge is -2.55. The lowest BCUT2D eigenvalue weighted by molar-refractivity contribution is -0.0238. The number of carbonyl (C=O) groups is 1. The van der Waals surface area contributed by atoms with Gasteiger partial charge in [0.2, 0.25) is 5.88 Å². The molecule has 0 spiro atoms. The second kappa shape index (κ2) is 5.22. The monoisotopic (exact) mass is 297 g/mol. The highest BCUT2D eigenvalue weighted by Crippen LogP contribution is 2.60. The second-order valence-corrected chi connectivity index (χ2v) is 7.54. The van der Waals surface area contributed by atoms with Crippen LogP contribution in [0.25, 0.3) is 0 Å². The normalized spacial score (nSPS) is 36.0. The van der Waals surface area contributed by atoms with Crippen molar-refractivity contribution in [2.24, 2.45) is 23.2 Å². The van der Waals surface area contributed by atoms with E-state index in [1.165, 1.54) is 38.5 Å². The van der Waals surface area contributed by atoms with Gasteiger partial charge in [-0.2, -0.15) is 0 Å². The molecular weight excluding hydrogens is 274 g/mol. The van der Waals surface area contributed by atoms with Crippen LogP contribution >= 0.6 is 0 Å². The van der Waals surface area contributed by atoms with Crippen molar-refractivity contribution in [2.75, 3.05) is 7.11 Å². The summed E-state index contributed by atoms with van der Waals surface area (Å²) in [5.74, 6) is 3.14. The van der Waals surface area contributed by atoms with E-state index in [2.05, 4.69) is 11.1 Å². The van der Waals surface area contributed by atoms with Crippen LogP contribution in [-0.2, 0) is 0 Å². The Morgan fingerprint density at radius 1 is 1.23 bits per heavy atom. The van der Waals surface area contributed by atoms with Gasteiger partial charge in [-0.15, -0.1) is 0 Å². The topological polar surface area (TPSA) is 39.2 Å². The Kier molecular flexibility index (Phi) is 3.32. The number of nitrogens with zero attached hydrogens (tertiary/aromatic N) is 1. The van der Waals surface area contributed by atoms with Crippen molar-refractivity contribution in [2.45, 2.75) is 38.5 Å². The Balaban J connectivity index is 1.55. The number of ketones is 1. The minimum Gasteiger partial charge on any atom is -0.480 e. The summed E-state index contributed by atoms with van der Waals surface area (Å²) in [6.07, 6.45) is 13.8. The van der Waals surface area contributed by atoms with E-state index < -0.39 is 0 Å². The number of hydrogen-bond donors (Lipinski definition) is 0. The summed E-state index contributed by atoms with van der Waals surface area (Å²) in [5, 5.41) is 0. The molecule has 0 radical (unpaired) electrons. The first-order valence-corrected chi connectivity index (χ1v) is 8.40. The zero-order valence-corrected chi connectivity index (χ0v) is 13.1. The Morgan fingerprint density at radius 3 is 2.45 bits per heavy atom. The lowest BCUT2D eigenvalue weighted by Crippen LogP contribution is -2.45. The van der Waals surface area contributed by atoms with Crippen LogP contribution in [0.3, 0.4) is 0 Å². The van der Waals surface area contributed by atoms with Crippen molar-refractivity contribution in [1.82, 2.24) is 4.98 Å². The van der Waals surface area contributed by atoms with E-state index in [0.717, 1.165) is 17.8 Å². The van der Waals surface area contributed by atoms with Crippen LogP contribution in [0.5, 0.6) is 5.88 Å². The van der Waals surface area contributed by atoms with Crippen LogP contribution < -0.4 is 4.74 Å². The number of methoxy groups -OCH3 is 1. The van der Waals surface area contributed by atoms with Gasteiger partial charge in [0.05, 0.1) is 12.7 Å². The van der Waals surface area contributed by atoms with E-state index in [1.54, 1.807) is 31.5 Å². The largest absolute Gasteiger partial charge is 0.480 e. The number of aromatic nitrogens is 1. The van der Waals surface area contributed by atoms with Gasteiger partial charge in [0, 0.05) is 6.20 Å². The maximum atomic E-state index is 12.5. The molecule has 0 aromatic carbocycles. The summed E-state index contributed by atoms with van der Waals surface area (Å²) in [7, 11) is 1.56. The molecule has 4 saturated carbocycles. The van der Waals surface area contributed by atoms with Crippen LogP contribution in [0.2, 0.25) is 0 Å². The van der Waals surface area contributed by atoms with E-state index in [4.69, 9.17) is 4.74 Å². The van der Waals surface area contributed by atoms with Gasteiger partial charge in [-0.25, -0.2) is 4.98 Å². The van der Waals surface area contributed by atoms with Crippen LogP contribution in [0.1, 0.15) is 48.9 Å². The minimum absolute atomic E-state index is 0.0145. The highest BCUT2D eigenvalue weighted by Gasteiger charge is 2.49. The predicted octanol–water partition coefficient (Wildman–Crippen LogP) is 4.05. The highest BCUT2D eigenvalue weighted by atomic mass is 16.5. The standard InChI is InChI=1S/C19H23NO2/c1-22-18-16(3-2-6-20-18)17(21)4-5-19-10-13-7-14(11-19)9-15(8-13)12-19/h2-6,13-15H,7-12H2,1H3. The molecule has 3 heteroatoms. The molecule has 3 nitrogen and oxygen atoms in total. The van der Waals surface area contributed by atoms with Gasteiger partial charge in [0.15, 0.2) is 5.78 Å². The van der Waals surface area contributed by atoms with Gasteiger partial charge in [-0.05, 0) is 79.9 Å². The molecule has 4 aliphatic carbocycles. The van der Waals surface area contributed by atoms with E-state index in [9.17, 15) is 4.79 Å². The zero-order chi connectivity index (χ0) is 15.2. The maximum absolute atomic E-state index is 12.5. The van der Waals surface area contributed by atoms with Crippen molar-refractivity contribution in [1.29, 1.82) is 0 Å². The van der Waals surface area contributed by atoms with Crippen molar-refractivity contribution in [3.8, 4) is 5.88 Å². The van der Waals surface area contributed by atoms with Gasteiger partial charge in [0.25, 0.3) is 0 Å². The molecule has 1 aromatic heterocycles. The molecule has 5 rings (SSSR count). The Morgan fingerprint density at radius 2 is 1.86 bits per heavy atom. The number of pyridine rings is 1. The van der Waals surface area contributed by atoms with E-state index >= 15 is 0 Å². The molecule has 1 aromatic rings. The number of hydrogen-bond acceptors (Lipinski definition) is 3. The molecule has 4 bridgehead atoms. The fourth-order valence-corrected chi connectivity index (χ4v) is 5.47. The first-order chi connectivity index (χ1) is 10.7. The second-order valence-electron chi connectivity index (χ2n) is 7.54. The molecule has 22 heavy (non-hydrogen) atoms. The predicted molar refractivity (Wildman–Crippen MR) is 84.9 cm³/mol. The molecule has 0 atom stereocenters. The summed E-state index contributed by atoms with van der Waals surface area (Å²) in [4.78, 5) is 16.6. The fourth-order valence-electron chi connectivity index (χ4n) is 5.47. The third kappa shape index (κ3) is 2.37.